The van der Waals surface area contributed by atoms with E-state index in [0.717, 1.165) is 17.7 Å². The van der Waals surface area contributed by atoms with Crippen LogP contribution in [0.25, 0.3) is 6.08 Å². The van der Waals surface area contributed by atoms with Crippen LogP contribution in [0.5, 0.6) is 0 Å². The SMILES string of the molecule is CCc1n[nH]c(=O)c2c1C=CCN2. The highest BCUT2D eigenvalue weighted by Crippen LogP contribution is 2.18. The molecular formula is C9H11N3O. The standard InChI is InChI=1S/C9H11N3O/c1-2-7-6-4-3-5-10-8(6)9(13)12-11-7/h3-4,10H,2,5H2,1H3,(H,12,13). The topological polar surface area (TPSA) is 57.8 Å². The number of anilines is 1. The zero-order valence-corrected chi connectivity index (χ0v) is 7.42. The van der Waals surface area contributed by atoms with Crippen molar-refractivity contribution in [1.82, 2.24) is 10.2 Å². The van der Waals surface area contributed by atoms with Crippen LogP contribution in [0, 0.1) is 0 Å². The Labute approximate surface area is 75.7 Å². The van der Waals surface area contributed by atoms with Crippen LogP contribution >= 0.6 is 0 Å². The van der Waals surface area contributed by atoms with Crippen LogP contribution in [-0.2, 0) is 6.42 Å². The Morgan fingerprint density at radius 1 is 1.62 bits per heavy atom. The van der Waals surface area contributed by atoms with Crippen LogP contribution in [-0.4, -0.2) is 16.7 Å². The minimum absolute atomic E-state index is 0.142. The smallest absolute Gasteiger partial charge is 0.288 e. The van der Waals surface area contributed by atoms with Crippen LogP contribution in [0.2, 0.25) is 0 Å². The molecule has 68 valence electrons. The van der Waals surface area contributed by atoms with Gasteiger partial charge in [0, 0.05) is 12.1 Å². The van der Waals surface area contributed by atoms with E-state index in [2.05, 4.69) is 15.5 Å². The Bertz CT molecular complexity index is 406. The van der Waals surface area contributed by atoms with Crippen LogP contribution in [0.15, 0.2) is 10.9 Å². The summed E-state index contributed by atoms with van der Waals surface area (Å²) in [4.78, 5) is 11.3. The van der Waals surface area contributed by atoms with E-state index in [1.165, 1.54) is 0 Å². The molecule has 2 rings (SSSR count). The lowest BCUT2D eigenvalue weighted by Gasteiger charge is -2.13. The number of fused-ring (bicyclic) bond motifs is 1. The Balaban J connectivity index is 2.68. The predicted molar refractivity (Wildman–Crippen MR) is 51.8 cm³/mol. The fourth-order valence-electron chi connectivity index (χ4n) is 1.46. The van der Waals surface area contributed by atoms with Gasteiger partial charge in [-0.3, -0.25) is 4.79 Å². The molecule has 0 saturated carbocycles. The monoisotopic (exact) mass is 177 g/mol. The van der Waals surface area contributed by atoms with Gasteiger partial charge in [0.05, 0.1) is 5.69 Å². The molecule has 1 aromatic heterocycles. The predicted octanol–water partition coefficient (Wildman–Crippen LogP) is 0.771. The highest BCUT2D eigenvalue weighted by Gasteiger charge is 2.12. The van der Waals surface area contributed by atoms with E-state index in [1.807, 2.05) is 19.1 Å². The summed E-state index contributed by atoms with van der Waals surface area (Å²) in [5.74, 6) is 0. The molecule has 0 fully saturated rings. The summed E-state index contributed by atoms with van der Waals surface area (Å²) >= 11 is 0. The maximum absolute atomic E-state index is 11.3. The van der Waals surface area contributed by atoms with Crippen molar-refractivity contribution in [2.24, 2.45) is 0 Å². The Kier molecular flexibility index (Phi) is 1.88. The van der Waals surface area contributed by atoms with Crippen LogP contribution in [0.3, 0.4) is 0 Å². The molecule has 0 spiro atoms. The Morgan fingerprint density at radius 3 is 3.23 bits per heavy atom. The van der Waals surface area contributed by atoms with Gasteiger partial charge in [-0.25, -0.2) is 5.10 Å². The summed E-state index contributed by atoms with van der Waals surface area (Å²) in [6, 6.07) is 0. The van der Waals surface area contributed by atoms with Gasteiger partial charge in [-0.05, 0) is 6.42 Å². The second kappa shape index (κ2) is 3.05. The first kappa shape index (κ1) is 8.04. The van der Waals surface area contributed by atoms with Gasteiger partial charge in [0.2, 0.25) is 0 Å². The summed E-state index contributed by atoms with van der Waals surface area (Å²) in [7, 11) is 0. The van der Waals surface area contributed by atoms with Gasteiger partial charge < -0.3 is 5.32 Å². The number of nitrogens with one attached hydrogen (secondary N) is 2. The maximum Gasteiger partial charge on any atom is 0.288 e. The number of rotatable bonds is 1. The van der Waals surface area contributed by atoms with Crippen LogP contribution < -0.4 is 10.9 Å². The van der Waals surface area contributed by atoms with Crippen LogP contribution in [0.4, 0.5) is 5.69 Å². The van der Waals surface area contributed by atoms with E-state index in [4.69, 9.17) is 0 Å². The van der Waals surface area contributed by atoms with Gasteiger partial charge in [-0.2, -0.15) is 5.10 Å². The molecule has 1 aliphatic heterocycles. The second-order valence-electron chi connectivity index (χ2n) is 2.92. The van der Waals surface area contributed by atoms with E-state index >= 15 is 0 Å². The highest BCUT2D eigenvalue weighted by molar-refractivity contribution is 5.70. The largest absolute Gasteiger partial charge is 0.377 e. The Morgan fingerprint density at radius 2 is 2.46 bits per heavy atom. The maximum atomic E-state index is 11.3. The quantitative estimate of drug-likeness (QED) is 0.666. The van der Waals surface area contributed by atoms with Crippen molar-refractivity contribution in [3.63, 3.8) is 0 Å². The van der Waals surface area contributed by atoms with Crippen molar-refractivity contribution in [3.8, 4) is 0 Å². The number of aryl methyl sites for hydroxylation is 1. The second-order valence-corrected chi connectivity index (χ2v) is 2.92. The molecule has 2 N–H and O–H groups in total. The molecule has 1 aromatic rings. The van der Waals surface area contributed by atoms with Crippen molar-refractivity contribution in [1.29, 1.82) is 0 Å². The minimum Gasteiger partial charge on any atom is -0.377 e. The van der Waals surface area contributed by atoms with E-state index in [1.54, 1.807) is 0 Å². The number of nitrogens with zero attached hydrogens (tertiary/aromatic N) is 1. The normalized spacial score (nSPS) is 13.6. The summed E-state index contributed by atoms with van der Waals surface area (Å²) < 4.78 is 0. The molecule has 0 aromatic carbocycles. The van der Waals surface area contributed by atoms with Gasteiger partial charge in [0.25, 0.3) is 5.56 Å². The molecule has 0 radical (unpaired) electrons. The first-order chi connectivity index (χ1) is 6.33. The highest BCUT2D eigenvalue weighted by atomic mass is 16.1. The lowest BCUT2D eigenvalue weighted by atomic mass is 10.1. The molecule has 0 saturated heterocycles. The van der Waals surface area contributed by atoms with Gasteiger partial charge in [0.1, 0.15) is 5.69 Å². The molecule has 0 aliphatic carbocycles. The van der Waals surface area contributed by atoms with Gasteiger partial charge in [0.15, 0.2) is 0 Å². The third kappa shape index (κ3) is 1.24. The van der Waals surface area contributed by atoms with Crippen molar-refractivity contribution in [2.45, 2.75) is 13.3 Å². The lowest BCUT2D eigenvalue weighted by Crippen LogP contribution is -2.21. The van der Waals surface area contributed by atoms with E-state index in [9.17, 15) is 4.79 Å². The fourth-order valence-corrected chi connectivity index (χ4v) is 1.46. The van der Waals surface area contributed by atoms with E-state index < -0.39 is 0 Å². The van der Waals surface area contributed by atoms with Crippen LogP contribution in [0.1, 0.15) is 18.2 Å². The van der Waals surface area contributed by atoms with Gasteiger partial charge >= 0.3 is 0 Å². The molecule has 2 heterocycles. The molecule has 0 amide bonds. The van der Waals surface area contributed by atoms with Gasteiger partial charge in [-0.15, -0.1) is 0 Å². The third-order valence-corrected chi connectivity index (χ3v) is 2.12. The first-order valence-electron chi connectivity index (χ1n) is 4.35. The first-order valence-corrected chi connectivity index (χ1v) is 4.35. The number of hydrogen-bond acceptors (Lipinski definition) is 3. The zero-order valence-electron chi connectivity index (χ0n) is 7.42. The molecule has 13 heavy (non-hydrogen) atoms. The van der Waals surface area contributed by atoms with E-state index in [0.29, 0.717) is 12.2 Å². The molecule has 4 nitrogen and oxygen atoms in total. The van der Waals surface area contributed by atoms with Gasteiger partial charge in [-0.1, -0.05) is 19.1 Å². The summed E-state index contributed by atoms with van der Waals surface area (Å²) in [5, 5.41) is 9.49. The lowest BCUT2D eigenvalue weighted by molar-refractivity contribution is 0.889. The number of hydrogen-bond donors (Lipinski definition) is 2. The number of aromatic amines is 1. The summed E-state index contributed by atoms with van der Waals surface area (Å²) in [6.45, 7) is 2.73. The average Bonchev–Trinajstić information content (AvgIpc) is 2.19. The molecule has 0 atom stereocenters. The van der Waals surface area contributed by atoms with Crippen molar-refractivity contribution >= 4 is 11.8 Å². The van der Waals surface area contributed by atoms with E-state index in [-0.39, 0.29) is 5.56 Å². The summed E-state index contributed by atoms with van der Waals surface area (Å²) in [6.07, 6.45) is 4.76. The minimum atomic E-state index is -0.142. The third-order valence-electron chi connectivity index (χ3n) is 2.12. The number of H-pyrrole nitrogens is 1. The zero-order chi connectivity index (χ0) is 9.26. The average molecular weight is 177 g/mol. The fraction of sp³-hybridized carbons (Fsp3) is 0.333. The van der Waals surface area contributed by atoms with Crippen molar-refractivity contribution in [3.05, 3.63) is 27.7 Å². The molecule has 4 heteroatoms. The molecular weight excluding hydrogens is 166 g/mol. The molecule has 1 aliphatic rings. The number of aromatic nitrogens is 2. The molecule has 0 bridgehead atoms. The summed E-state index contributed by atoms with van der Waals surface area (Å²) in [5.41, 5.74) is 2.36. The van der Waals surface area contributed by atoms with Crippen molar-refractivity contribution in [2.75, 3.05) is 11.9 Å². The molecule has 0 unspecified atom stereocenters. The van der Waals surface area contributed by atoms with Crippen molar-refractivity contribution < 1.29 is 0 Å². The Hall–Kier alpha value is -1.58.